The van der Waals surface area contributed by atoms with Gasteiger partial charge in [-0.15, -0.1) is 0 Å². The summed E-state index contributed by atoms with van der Waals surface area (Å²) in [6.07, 6.45) is 0. The van der Waals surface area contributed by atoms with Gasteiger partial charge >= 0.3 is 7.69 Å². The Hall–Kier alpha value is -0.735. The van der Waals surface area contributed by atoms with E-state index in [4.69, 9.17) is 55.7 Å². The highest BCUT2D eigenvalue weighted by molar-refractivity contribution is 6.39. The molecule has 0 aliphatic heterocycles. The van der Waals surface area contributed by atoms with Crippen LogP contribution >= 0.6 is 46.4 Å². The standard InChI is InChI=1S/C12H7BCl4O2/c14-7-3-1-4-8(15)11(7)18-13-19-12-9(16)5-2-6-10(12)17/h1-6,13H. The number of rotatable bonds is 4. The molecule has 0 saturated carbocycles. The Morgan fingerprint density at radius 1 is 0.632 bits per heavy atom. The van der Waals surface area contributed by atoms with Gasteiger partial charge in [0, 0.05) is 0 Å². The lowest BCUT2D eigenvalue weighted by molar-refractivity contribution is 0.459. The van der Waals surface area contributed by atoms with Gasteiger partial charge in [0.1, 0.15) is 11.5 Å². The molecule has 0 spiro atoms. The van der Waals surface area contributed by atoms with Crippen LogP contribution in [0.4, 0.5) is 0 Å². The summed E-state index contributed by atoms with van der Waals surface area (Å²) in [7, 11) is -0.104. The van der Waals surface area contributed by atoms with Gasteiger partial charge in [0.15, 0.2) is 0 Å². The van der Waals surface area contributed by atoms with Crippen molar-refractivity contribution in [1.29, 1.82) is 0 Å². The highest BCUT2D eigenvalue weighted by atomic mass is 35.5. The molecule has 19 heavy (non-hydrogen) atoms. The Morgan fingerprint density at radius 2 is 0.947 bits per heavy atom. The van der Waals surface area contributed by atoms with Crippen molar-refractivity contribution in [3.8, 4) is 11.5 Å². The maximum atomic E-state index is 5.96. The monoisotopic (exact) mass is 334 g/mol. The molecule has 98 valence electrons. The molecule has 0 heterocycles. The minimum absolute atomic E-state index is 0.104. The van der Waals surface area contributed by atoms with E-state index in [9.17, 15) is 0 Å². The number of hydrogen-bond donors (Lipinski definition) is 0. The van der Waals surface area contributed by atoms with Crippen LogP contribution in [0.15, 0.2) is 36.4 Å². The number of hydrogen-bond acceptors (Lipinski definition) is 2. The second-order valence-electron chi connectivity index (χ2n) is 3.51. The van der Waals surface area contributed by atoms with Crippen LogP contribution in [0.5, 0.6) is 11.5 Å². The molecule has 2 nitrogen and oxygen atoms in total. The Kier molecular flexibility index (Phi) is 5.11. The summed E-state index contributed by atoms with van der Waals surface area (Å²) in [4.78, 5) is 0. The molecule has 2 aromatic carbocycles. The fourth-order valence-corrected chi connectivity index (χ4v) is 2.40. The zero-order valence-corrected chi connectivity index (χ0v) is 12.5. The van der Waals surface area contributed by atoms with Crippen molar-refractivity contribution in [2.45, 2.75) is 0 Å². The van der Waals surface area contributed by atoms with E-state index in [0.29, 0.717) is 31.6 Å². The van der Waals surface area contributed by atoms with Crippen LogP contribution in [-0.4, -0.2) is 7.69 Å². The molecular formula is C12H7BCl4O2. The predicted molar refractivity (Wildman–Crippen MR) is 81.3 cm³/mol. The Morgan fingerprint density at radius 3 is 1.26 bits per heavy atom. The van der Waals surface area contributed by atoms with Gasteiger partial charge in [-0.3, -0.25) is 0 Å². The Bertz CT molecular complexity index is 500. The van der Waals surface area contributed by atoms with Crippen molar-refractivity contribution in [3.05, 3.63) is 56.5 Å². The summed E-state index contributed by atoms with van der Waals surface area (Å²) in [5, 5.41) is 1.62. The molecule has 0 unspecified atom stereocenters. The summed E-state index contributed by atoms with van der Waals surface area (Å²) in [5.74, 6) is 0.711. The largest absolute Gasteiger partial charge is 0.576 e. The molecule has 0 atom stereocenters. The second-order valence-corrected chi connectivity index (χ2v) is 5.14. The zero-order valence-electron chi connectivity index (χ0n) is 9.50. The molecule has 0 saturated heterocycles. The molecule has 0 amide bonds. The average molecular weight is 336 g/mol. The lowest BCUT2D eigenvalue weighted by Crippen LogP contribution is -2.12. The van der Waals surface area contributed by atoms with Crippen LogP contribution in [0.3, 0.4) is 0 Å². The first-order chi connectivity index (χ1) is 9.09. The third-order valence-corrected chi connectivity index (χ3v) is 3.43. The van der Waals surface area contributed by atoms with E-state index in [1.807, 2.05) is 0 Å². The molecule has 0 N–H and O–H groups in total. The third-order valence-electron chi connectivity index (χ3n) is 2.24. The van der Waals surface area contributed by atoms with Crippen LogP contribution in [0.1, 0.15) is 0 Å². The molecule has 2 aromatic rings. The van der Waals surface area contributed by atoms with Crippen LogP contribution in [0.25, 0.3) is 0 Å². The van der Waals surface area contributed by atoms with E-state index < -0.39 is 0 Å². The molecule has 2 rings (SSSR count). The van der Waals surface area contributed by atoms with Crippen LogP contribution in [0, 0.1) is 0 Å². The average Bonchev–Trinajstić information content (AvgIpc) is 2.36. The van der Waals surface area contributed by atoms with Crippen molar-refractivity contribution in [2.75, 3.05) is 0 Å². The number of para-hydroxylation sites is 2. The fraction of sp³-hybridized carbons (Fsp3) is 0. The van der Waals surface area contributed by atoms with Crippen molar-refractivity contribution < 1.29 is 9.31 Å². The van der Waals surface area contributed by atoms with Crippen LogP contribution in [-0.2, 0) is 0 Å². The summed E-state index contributed by atoms with van der Waals surface area (Å²) < 4.78 is 10.8. The van der Waals surface area contributed by atoms with E-state index in [-0.39, 0.29) is 7.69 Å². The first-order valence-electron chi connectivity index (χ1n) is 5.23. The van der Waals surface area contributed by atoms with Crippen molar-refractivity contribution in [1.82, 2.24) is 0 Å². The van der Waals surface area contributed by atoms with Gasteiger partial charge in [0.05, 0.1) is 20.1 Å². The highest BCUT2D eigenvalue weighted by Gasteiger charge is 2.11. The maximum absolute atomic E-state index is 5.96. The van der Waals surface area contributed by atoms with Crippen molar-refractivity contribution in [3.63, 3.8) is 0 Å². The SMILES string of the molecule is Clc1cccc(Cl)c1OBOc1c(Cl)cccc1Cl. The van der Waals surface area contributed by atoms with Gasteiger partial charge in [-0.1, -0.05) is 58.5 Å². The van der Waals surface area contributed by atoms with Gasteiger partial charge in [-0.05, 0) is 24.3 Å². The fourth-order valence-electron chi connectivity index (χ4n) is 1.39. The van der Waals surface area contributed by atoms with E-state index in [2.05, 4.69) is 0 Å². The normalized spacial score (nSPS) is 10.1. The van der Waals surface area contributed by atoms with Gasteiger partial charge in [-0.2, -0.15) is 0 Å². The van der Waals surface area contributed by atoms with E-state index >= 15 is 0 Å². The predicted octanol–water partition coefficient (Wildman–Crippen LogP) is 5.02. The minimum Gasteiger partial charge on any atom is -0.526 e. The van der Waals surface area contributed by atoms with Crippen LogP contribution < -0.4 is 9.31 Å². The summed E-state index contributed by atoms with van der Waals surface area (Å²) in [5.41, 5.74) is 0. The molecular weight excluding hydrogens is 329 g/mol. The summed E-state index contributed by atoms with van der Waals surface area (Å²) >= 11 is 23.8. The molecule has 7 heteroatoms. The first kappa shape index (κ1) is 14.7. The molecule has 0 radical (unpaired) electrons. The Balaban J connectivity index is 2.05. The van der Waals surface area contributed by atoms with E-state index in [0.717, 1.165) is 0 Å². The van der Waals surface area contributed by atoms with Crippen molar-refractivity contribution >= 4 is 54.1 Å². The summed E-state index contributed by atoms with van der Waals surface area (Å²) in [6, 6.07) is 10.1. The molecule has 0 bridgehead atoms. The quantitative estimate of drug-likeness (QED) is 0.730. The summed E-state index contributed by atoms with van der Waals surface area (Å²) in [6.45, 7) is 0. The third kappa shape index (κ3) is 3.64. The molecule has 0 fully saturated rings. The van der Waals surface area contributed by atoms with E-state index in [1.54, 1.807) is 36.4 Å². The lowest BCUT2D eigenvalue weighted by atomic mass is 10.3. The number of halogens is 4. The van der Waals surface area contributed by atoms with Gasteiger partial charge in [0.2, 0.25) is 0 Å². The smallest absolute Gasteiger partial charge is 0.526 e. The van der Waals surface area contributed by atoms with Gasteiger partial charge < -0.3 is 9.31 Å². The Labute approximate surface area is 131 Å². The first-order valence-corrected chi connectivity index (χ1v) is 6.74. The second kappa shape index (κ2) is 6.62. The van der Waals surface area contributed by atoms with Crippen molar-refractivity contribution in [2.24, 2.45) is 0 Å². The molecule has 0 aromatic heterocycles. The minimum atomic E-state index is -0.104. The maximum Gasteiger partial charge on any atom is 0.576 e. The topological polar surface area (TPSA) is 18.5 Å². The molecule has 0 aliphatic carbocycles. The van der Waals surface area contributed by atoms with Gasteiger partial charge in [-0.25, -0.2) is 0 Å². The van der Waals surface area contributed by atoms with Gasteiger partial charge in [0.25, 0.3) is 0 Å². The highest BCUT2D eigenvalue weighted by Crippen LogP contribution is 2.34. The number of benzene rings is 2. The van der Waals surface area contributed by atoms with Crippen LogP contribution in [0.2, 0.25) is 20.1 Å². The van der Waals surface area contributed by atoms with E-state index in [1.165, 1.54) is 0 Å². The molecule has 0 aliphatic rings. The zero-order chi connectivity index (χ0) is 13.8. The lowest BCUT2D eigenvalue weighted by Gasteiger charge is -2.11.